The minimum atomic E-state index is -0.327. The molecule has 5 heteroatoms. The van der Waals surface area contributed by atoms with E-state index in [2.05, 4.69) is 34.1 Å². The fourth-order valence-electron chi connectivity index (χ4n) is 3.76. The summed E-state index contributed by atoms with van der Waals surface area (Å²) in [5.41, 5.74) is 3.29. The maximum absolute atomic E-state index is 11.3. The largest absolute Gasteiger partial charge is 0.347 e. The average molecular weight is 359 g/mol. The Kier molecular flexibility index (Phi) is 4.75. The highest BCUT2D eigenvalue weighted by Gasteiger charge is 2.31. The predicted molar refractivity (Wildman–Crippen MR) is 108 cm³/mol. The number of nitro groups is 1. The van der Waals surface area contributed by atoms with Gasteiger partial charge >= 0.3 is 0 Å². The first-order valence-corrected chi connectivity index (χ1v) is 9.12. The lowest BCUT2D eigenvalue weighted by molar-refractivity contribution is -0.384. The van der Waals surface area contributed by atoms with Crippen LogP contribution in [0.2, 0.25) is 0 Å². The summed E-state index contributed by atoms with van der Waals surface area (Å²) in [7, 11) is 0. The second kappa shape index (κ2) is 7.50. The quantitative estimate of drug-likeness (QED) is 0.485. The van der Waals surface area contributed by atoms with E-state index in [-0.39, 0.29) is 16.8 Å². The van der Waals surface area contributed by atoms with Gasteiger partial charge in [-0.15, -0.1) is 0 Å². The topological polar surface area (TPSA) is 49.6 Å². The van der Waals surface area contributed by atoms with Crippen LogP contribution in [0, 0.1) is 10.1 Å². The van der Waals surface area contributed by atoms with Crippen molar-refractivity contribution in [2.24, 2.45) is 0 Å². The highest BCUT2D eigenvalue weighted by atomic mass is 16.6. The van der Waals surface area contributed by atoms with Crippen LogP contribution in [-0.4, -0.2) is 18.0 Å². The summed E-state index contributed by atoms with van der Waals surface area (Å²) in [6, 6.07) is 27.5. The minimum absolute atomic E-state index is 0.0940. The molecule has 0 saturated carbocycles. The van der Waals surface area contributed by atoms with Gasteiger partial charge in [0.25, 0.3) is 5.69 Å². The second-order valence-corrected chi connectivity index (χ2v) is 6.64. The Morgan fingerprint density at radius 2 is 1.33 bits per heavy atom. The van der Waals surface area contributed by atoms with E-state index >= 15 is 0 Å². The SMILES string of the molecule is O=[N+]([O-])c1cccc(C2N(c3ccccc3)CCCN2c2ccccc2)c1. The molecule has 0 bridgehead atoms. The Labute approximate surface area is 158 Å². The van der Waals surface area contributed by atoms with Crippen LogP contribution in [0.15, 0.2) is 84.9 Å². The third-order valence-electron chi connectivity index (χ3n) is 4.94. The predicted octanol–water partition coefficient (Wildman–Crippen LogP) is 5.01. The van der Waals surface area contributed by atoms with E-state index in [0.717, 1.165) is 36.4 Å². The summed E-state index contributed by atoms with van der Waals surface area (Å²) < 4.78 is 0. The molecule has 1 aliphatic rings. The van der Waals surface area contributed by atoms with E-state index in [4.69, 9.17) is 0 Å². The number of nitro benzene ring substituents is 1. The number of nitrogens with zero attached hydrogens (tertiary/aromatic N) is 3. The number of hydrogen-bond donors (Lipinski definition) is 0. The number of benzene rings is 3. The van der Waals surface area contributed by atoms with Crippen molar-refractivity contribution in [2.75, 3.05) is 22.9 Å². The van der Waals surface area contributed by atoms with Crippen LogP contribution < -0.4 is 9.80 Å². The molecular weight excluding hydrogens is 338 g/mol. The van der Waals surface area contributed by atoms with E-state index in [9.17, 15) is 10.1 Å². The third kappa shape index (κ3) is 3.49. The van der Waals surface area contributed by atoms with Gasteiger partial charge in [0.05, 0.1) is 4.92 Å². The van der Waals surface area contributed by atoms with E-state index in [1.165, 1.54) is 0 Å². The Hall–Kier alpha value is -3.34. The van der Waals surface area contributed by atoms with Crippen LogP contribution in [-0.2, 0) is 0 Å². The van der Waals surface area contributed by atoms with Crippen LogP contribution in [0.3, 0.4) is 0 Å². The first-order valence-electron chi connectivity index (χ1n) is 9.12. The van der Waals surface area contributed by atoms with Crippen molar-refractivity contribution >= 4 is 17.1 Å². The number of non-ortho nitro benzene ring substituents is 1. The fraction of sp³-hybridized carbons (Fsp3) is 0.182. The van der Waals surface area contributed by atoms with Gasteiger partial charge in [-0.2, -0.15) is 0 Å². The maximum atomic E-state index is 11.3. The average Bonchev–Trinajstić information content (AvgIpc) is 2.74. The van der Waals surface area contributed by atoms with Gasteiger partial charge < -0.3 is 9.80 Å². The first-order chi connectivity index (χ1) is 13.2. The van der Waals surface area contributed by atoms with Crippen molar-refractivity contribution in [2.45, 2.75) is 12.6 Å². The minimum Gasteiger partial charge on any atom is -0.347 e. The van der Waals surface area contributed by atoms with E-state index in [1.807, 2.05) is 42.5 Å². The highest BCUT2D eigenvalue weighted by Crippen LogP contribution is 2.37. The monoisotopic (exact) mass is 359 g/mol. The van der Waals surface area contributed by atoms with Crippen LogP contribution in [0.25, 0.3) is 0 Å². The second-order valence-electron chi connectivity index (χ2n) is 6.64. The molecule has 1 fully saturated rings. The zero-order chi connectivity index (χ0) is 18.6. The Bertz CT molecular complexity index is 868. The maximum Gasteiger partial charge on any atom is 0.269 e. The molecule has 4 rings (SSSR count). The van der Waals surface area contributed by atoms with Gasteiger partial charge in [-0.1, -0.05) is 48.5 Å². The van der Waals surface area contributed by atoms with Crippen LogP contribution in [0.5, 0.6) is 0 Å². The lowest BCUT2D eigenvalue weighted by Gasteiger charge is -2.46. The lowest BCUT2D eigenvalue weighted by Crippen LogP contribution is -2.48. The molecule has 1 saturated heterocycles. The van der Waals surface area contributed by atoms with E-state index in [0.29, 0.717) is 0 Å². The standard InChI is InChI=1S/C22H21N3O2/c26-25(27)21-14-7-9-18(17-21)22-23(19-10-3-1-4-11-19)15-8-16-24(22)20-12-5-2-6-13-20/h1-7,9-14,17,22H,8,15-16H2. The van der Waals surface area contributed by atoms with E-state index in [1.54, 1.807) is 18.2 Å². The molecule has 3 aromatic rings. The number of hydrogen-bond acceptors (Lipinski definition) is 4. The van der Waals surface area contributed by atoms with Crippen molar-refractivity contribution in [3.05, 3.63) is 101 Å². The van der Waals surface area contributed by atoms with Crippen molar-refractivity contribution in [3.63, 3.8) is 0 Å². The fourth-order valence-corrected chi connectivity index (χ4v) is 3.76. The van der Waals surface area contributed by atoms with Gasteiger partial charge in [-0.05, 0) is 30.7 Å². The van der Waals surface area contributed by atoms with Gasteiger partial charge in [0.15, 0.2) is 0 Å². The molecule has 1 aliphatic heterocycles. The zero-order valence-corrected chi connectivity index (χ0v) is 14.9. The molecule has 136 valence electrons. The molecule has 27 heavy (non-hydrogen) atoms. The van der Waals surface area contributed by atoms with Gasteiger partial charge in [0.2, 0.25) is 0 Å². The van der Waals surface area contributed by atoms with Crippen LogP contribution in [0.1, 0.15) is 18.2 Å². The molecule has 5 nitrogen and oxygen atoms in total. The smallest absolute Gasteiger partial charge is 0.269 e. The summed E-state index contributed by atoms with van der Waals surface area (Å²) in [6.45, 7) is 1.81. The Morgan fingerprint density at radius 1 is 0.778 bits per heavy atom. The number of para-hydroxylation sites is 2. The summed E-state index contributed by atoms with van der Waals surface area (Å²) in [5, 5.41) is 11.3. The Morgan fingerprint density at radius 3 is 1.85 bits per heavy atom. The summed E-state index contributed by atoms with van der Waals surface area (Å²) in [5.74, 6) is 0. The molecule has 0 amide bonds. The molecule has 0 spiro atoms. The Balaban J connectivity index is 1.82. The molecule has 3 aromatic carbocycles. The number of anilines is 2. The van der Waals surface area contributed by atoms with Gasteiger partial charge in [-0.25, -0.2) is 0 Å². The summed E-state index contributed by atoms with van der Waals surface area (Å²) >= 11 is 0. The van der Waals surface area contributed by atoms with Crippen molar-refractivity contribution < 1.29 is 4.92 Å². The van der Waals surface area contributed by atoms with Gasteiger partial charge in [0.1, 0.15) is 6.17 Å². The molecule has 0 atom stereocenters. The van der Waals surface area contributed by atoms with Crippen LogP contribution in [0.4, 0.5) is 17.1 Å². The molecule has 0 N–H and O–H groups in total. The van der Waals surface area contributed by atoms with Crippen molar-refractivity contribution in [1.29, 1.82) is 0 Å². The third-order valence-corrected chi connectivity index (χ3v) is 4.94. The normalized spacial score (nSPS) is 15.0. The van der Waals surface area contributed by atoms with Crippen molar-refractivity contribution in [1.82, 2.24) is 0 Å². The van der Waals surface area contributed by atoms with E-state index < -0.39 is 0 Å². The molecule has 0 unspecified atom stereocenters. The zero-order valence-electron chi connectivity index (χ0n) is 14.9. The van der Waals surface area contributed by atoms with Crippen LogP contribution >= 0.6 is 0 Å². The van der Waals surface area contributed by atoms with Gasteiger partial charge in [0, 0.05) is 42.2 Å². The first kappa shape index (κ1) is 17.1. The van der Waals surface area contributed by atoms with Crippen molar-refractivity contribution in [3.8, 4) is 0 Å². The molecular formula is C22H21N3O2. The molecule has 1 heterocycles. The molecule has 0 aromatic heterocycles. The lowest BCUT2D eigenvalue weighted by atomic mass is 10.0. The molecule has 0 radical (unpaired) electrons. The number of rotatable bonds is 4. The van der Waals surface area contributed by atoms with Gasteiger partial charge in [-0.3, -0.25) is 10.1 Å². The molecule has 0 aliphatic carbocycles. The summed E-state index contributed by atoms with van der Waals surface area (Å²) in [4.78, 5) is 15.6. The summed E-state index contributed by atoms with van der Waals surface area (Å²) in [6.07, 6.45) is 0.929. The highest BCUT2D eigenvalue weighted by molar-refractivity contribution is 5.57.